The summed E-state index contributed by atoms with van der Waals surface area (Å²) in [7, 11) is 3.62. The van der Waals surface area contributed by atoms with Gasteiger partial charge in [0, 0.05) is 67.8 Å². The number of nitrogens with one attached hydrogen (secondary N) is 4. The van der Waals surface area contributed by atoms with E-state index in [0.717, 1.165) is 41.2 Å². The number of piperidine rings is 1. The van der Waals surface area contributed by atoms with E-state index in [1.165, 1.54) is 23.6 Å². The summed E-state index contributed by atoms with van der Waals surface area (Å²) in [4.78, 5) is 131. The quantitative estimate of drug-likeness (QED) is 0.0221. The van der Waals surface area contributed by atoms with E-state index in [-0.39, 0.29) is 91.8 Å². The van der Waals surface area contributed by atoms with Crippen molar-refractivity contribution in [1.82, 2.24) is 35.6 Å². The minimum absolute atomic E-state index is 0.0339. The van der Waals surface area contributed by atoms with Gasteiger partial charge < -0.3 is 41.7 Å². The fourth-order valence-corrected chi connectivity index (χ4v) is 12.7. The molecule has 0 bridgehead atoms. The summed E-state index contributed by atoms with van der Waals surface area (Å²) >= 11 is 2.48. The zero-order valence-corrected chi connectivity index (χ0v) is 54.1. The molecule has 20 nitrogen and oxygen atoms in total. The summed E-state index contributed by atoms with van der Waals surface area (Å²) in [6.45, 7) is 12.1. The molecule has 480 valence electrons. The first kappa shape index (κ1) is 71.7. The van der Waals surface area contributed by atoms with Crippen LogP contribution in [0.25, 0.3) is 0 Å². The van der Waals surface area contributed by atoms with Gasteiger partial charge in [0.05, 0.1) is 17.2 Å². The van der Waals surface area contributed by atoms with Crippen molar-refractivity contribution in [2.24, 2.45) is 23.5 Å². The number of likely N-dealkylation sites (N-methyl/N-ethyl adjacent to an activating group) is 2. The second-order valence-electron chi connectivity index (χ2n) is 23.4. The number of esters is 1. The molecule has 7 amide bonds. The number of carboxylic acids is 1. The number of ether oxygens (including phenoxy) is 1. The average Bonchev–Trinajstić information content (AvgIpc) is 4.19. The third-order valence-electron chi connectivity index (χ3n) is 16.1. The maximum absolute atomic E-state index is 14.4. The second-order valence-corrected chi connectivity index (χ2v) is 25.6. The number of anilines is 1. The summed E-state index contributed by atoms with van der Waals surface area (Å²) in [6, 6.07) is 3.81. The maximum atomic E-state index is 14.4. The zero-order valence-electron chi connectivity index (χ0n) is 52.5. The Hall–Kier alpha value is -7.01. The molecule has 7 N–H and O–H groups in total. The Bertz CT molecular complexity index is 2880. The Morgan fingerprint density at radius 3 is 2.22 bits per heavy atom. The molecule has 0 spiro atoms. The van der Waals surface area contributed by atoms with Gasteiger partial charge in [-0.2, -0.15) is 0 Å². The highest BCUT2D eigenvalue weighted by Crippen LogP contribution is 2.34. The molecule has 2 unspecified atom stereocenters. The zero-order chi connectivity index (χ0) is 64.3. The van der Waals surface area contributed by atoms with Crippen LogP contribution in [0.1, 0.15) is 159 Å². The van der Waals surface area contributed by atoms with E-state index < -0.39 is 65.2 Å². The average molecular weight is 1250 g/mol. The second kappa shape index (κ2) is 37.1. The van der Waals surface area contributed by atoms with Gasteiger partial charge in [0.15, 0.2) is 6.10 Å². The predicted octanol–water partition coefficient (Wildman–Crippen LogP) is 8.74. The van der Waals surface area contributed by atoms with Crippen molar-refractivity contribution in [2.45, 2.75) is 179 Å². The topological polar surface area (TPSA) is 280 Å². The normalized spacial score (nSPS) is 21.1. The minimum atomic E-state index is -1.04. The number of rotatable bonds is 33. The molecule has 1 aliphatic carbocycles. The highest BCUT2D eigenvalue weighted by molar-refractivity contribution is 8.04. The maximum Gasteiger partial charge on any atom is 0.306 e. The van der Waals surface area contributed by atoms with Crippen molar-refractivity contribution in [3.8, 4) is 0 Å². The number of nitrogens with zero attached hydrogens (tertiary/aromatic N) is 4. The monoisotopic (exact) mass is 1250 g/mol. The number of aromatic nitrogens is 1. The van der Waals surface area contributed by atoms with Gasteiger partial charge in [0.1, 0.15) is 22.8 Å². The summed E-state index contributed by atoms with van der Waals surface area (Å²) in [5.74, 6) is -4.91. The number of aliphatic carboxylic acids is 1. The van der Waals surface area contributed by atoms with E-state index in [4.69, 9.17) is 10.5 Å². The molecule has 22 heteroatoms. The fourth-order valence-electron chi connectivity index (χ4n) is 10.8. The number of carbonyl (C=O) groups excluding carboxylic acids is 8. The van der Waals surface area contributed by atoms with Crippen molar-refractivity contribution in [3.63, 3.8) is 0 Å². The Kier molecular flexibility index (Phi) is 30.2. The van der Waals surface area contributed by atoms with E-state index in [2.05, 4.69) is 26.3 Å². The van der Waals surface area contributed by atoms with Gasteiger partial charge in [-0.05, 0) is 120 Å². The number of hydrogen-bond acceptors (Lipinski definition) is 15. The van der Waals surface area contributed by atoms with Crippen LogP contribution in [0.5, 0.6) is 0 Å². The summed E-state index contributed by atoms with van der Waals surface area (Å²) in [5, 5.41) is 23.1. The Morgan fingerprint density at radius 1 is 0.875 bits per heavy atom. The predicted molar refractivity (Wildman–Crippen MR) is 346 cm³/mol. The number of carbonyl (C=O) groups is 9. The van der Waals surface area contributed by atoms with Gasteiger partial charge in [-0.3, -0.25) is 53.0 Å². The lowest BCUT2D eigenvalue weighted by Gasteiger charge is -2.38. The molecule has 5 rings (SSSR count). The van der Waals surface area contributed by atoms with Gasteiger partial charge in [-0.25, -0.2) is 4.98 Å². The highest BCUT2D eigenvalue weighted by Gasteiger charge is 2.40. The number of carboxylic acid groups (broad SMARTS) is 1. The molecule has 3 aliphatic rings. The first-order valence-corrected chi connectivity index (χ1v) is 32.7. The molecule has 2 fully saturated rings. The number of allylic oxidation sites excluding steroid dienone is 11. The van der Waals surface area contributed by atoms with Crippen LogP contribution in [0.2, 0.25) is 0 Å². The molecule has 2 aromatic rings. The van der Waals surface area contributed by atoms with E-state index in [9.17, 15) is 48.3 Å². The number of nitrogens with two attached hydrogens (primary N) is 1. The first-order chi connectivity index (χ1) is 42.1. The molecular formula is C66H93N9O11S2. The van der Waals surface area contributed by atoms with Crippen LogP contribution in [-0.2, 0) is 49.5 Å². The first-order valence-electron chi connectivity index (χ1n) is 31.0. The molecule has 3 heterocycles. The lowest BCUT2D eigenvalue weighted by atomic mass is 9.92. The van der Waals surface area contributed by atoms with Crippen molar-refractivity contribution in [2.75, 3.05) is 39.0 Å². The Morgan fingerprint density at radius 2 is 1.57 bits per heavy atom. The van der Waals surface area contributed by atoms with Crippen molar-refractivity contribution in [3.05, 3.63) is 118 Å². The lowest BCUT2D eigenvalue weighted by molar-refractivity contribution is -0.149. The lowest BCUT2D eigenvalue weighted by Crippen LogP contribution is -2.58. The van der Waals surface area contributed by atoms with Crippen LogP contribution >= 0.6 is 23.1 Å². The molecule has 9 atom stereocenters. The Balaban J connectivity index is 1.17. The number of likely N-dealkylation sites (tertiary alicyclic amines) is 2. The van der Waals surface area contributed by atoms with E-state index in [0.29, 0.717) is 68.6 Å². The van der Waals surface area contributed by atoms with Gasteiger partial charge in [-0.1, -0.05) is 121 Å². The third kappa shape index (κ3) is 23.2. The molecule has 2 aliphatic heterocycles. The van der Waals surface area contributed by atoms with Gasteiger partial charge in [-0.15, -0.1) is 23.1 Å². The highest BCUT2D eigenvalue weighted by atomic mass is 32.2. The molecule has 1 aromatic carbocycles. The molecule has 1 aromatic heterocycles. The van der Waals surface area contributed by atoms with Crippen LogP contribution in [0.15, 0.2) is 101 Å². The largest absolute Gasteiger partial charge is 0.481 e. The van der Waals surface area contributed by atoms with Gasteiger partial charge in [0.25, 0.3) is 5.91 Å². The SMILES string of the molecule is CC[C@H](C)[C@H](NC(=O)[C@H]1CCCCN1C)C(=O)N(C)[C@H](C[C@@H](OC(C)=O)c1nc(C(=O)N[C@@H](Cc2ccc(NC(=O)[C@H](CCCCN)NC(=O)CCCCCN3C(=O)CC(SC4=C/C=C\C=C/C=C\C=C/C=C\4)C3=O)cc2)CC(C)C(=O)O)cs1)C(C)C. The third-order valence-corrected chi connectivity index (χ3v) is 18.3. The number of unbranched alkanes of at least 4 members (excludes halogenated alkanes) is 3. The summed E-state index contributed by atoms with van der Waals surface area (Å²) in [6.07, 6.45) is 27.2. The van der Waals surface area contributed by atoms with Crippen LogP contribution in [0.3, 0.4) is 0 Å². The molecular weight excluding hydrogens is 1160 g/mol. The van der Waals surface area contributed by atoms with Crippen molar-refractivity contribution >= 4 is 82.1 Å². The van der Waals surface area contributed by atoms with E-state index >= 15 is 0 Å². The molecule has 2 saturated heterocycles. The van der Waals surface area contributed by atoms with Crippen molar-refractivity contribution < 1.29 is 53.0 Å². The standard InChI is InChI=1S/C66H93N9O11S2/c1-9-44(4)59(72-62(81)53-29-22-25-36-73(53)7)65(83)74(8)54(43(2)3)40-55(86-46(6)76)63-71-52(42-87-63)61(80)69-49(38-45(5)66(84)85)39-47-31-33-48(34-32-47)68-60(79)51(28-21-23-35-67)70-57(77)30-20-17-24-37-75-58(78)41-56(64(75)82)88-50-26-18-15-13-11-10-12-14-16-19-27-50/h10-16,18-19,26-27,31-34,42-45,49,51,53-56,59H,9,17,20-25,28-30,35-41,67H2,1-8H3,(H,68,79)(H,69,80)(H,70,77)(H,72,81)(H,84,85)/b11-10-,12-10?,13-11?,14-12-,15-13-,16-14?,18-15?,19-16-,26-18-,27-19?,50-26?,50-27+/t44-,45?,49+,51-,53+,54+,55+,56?,59-/m0/s1. The van der Waals surface area contributed by atoms with E-state index in [1.807, 2.05) is 106 Å². The number of imide groups is 1. The molecule has 88 heavy (non-hydrogen) atoms. The van der Waals surface area contributed by atoms with E-state index in [1.54, 1.807) is 48.5 Å². The Labute approximate surface area is 527 Å². The number of thioether (sulfide) groups is 1. The number of hydrogen-bond donors (Lipinski definition) is 6. The number of amides is 7. The minimum Gasteiger partial charge on any atom is -0.481 e. The van der Waals surface area contributed by atoms with Gasteiger partial charge in [0.2, 0.25) is 35.4 Å². The van der Waals surface area contributed by atoms with Crippen LogP contribution in [-0.4, -0.2) is 147 Å². The smallest absolute Gasteiger partial charge is 0.306 e. The fraction of sp³-hybridized carbons (Fsp3) is 0.545. The molecule has 0 saturated carbocycles. The van der Waals surface area contributed by atoms with Crippen LogP contribution < -0.4 is 27.0 Å². The summed E-state index contributed by atoms with van der Waals surface area (Å²) in [5.41, 5.74) is 6.99. The summed E-state index contributed by atoms with van der Waals surface area (Å²) < 4.78 is 5.84. The molecule has 0 radical (unpaired) electrons. The number of benzene rings is 1. The number of thiazole rings is 1. The van der Waals surface area contributed by atoms with Crippen molar-refractivity contribution in [1.29, 1.82) is 0 Å². The van der Waals surface area contributed by atoms with Crippen LogP contribution in [0.4, 0.5) is 5.69 Å². The van der Waals surface area contributed by atoms with Gasteiger partial charge >= 0.3 is 11.9 Å². The van der Waals surface area contributed by atoms with Crippen LogP contribution in [0, 0.1) is 17.8 Å².